The normalized spacial score (nSPS) is 31.1. The van der Waals surface area contributed by atoms with Crippen molar-refractivity contribution in [3.8, 4) is 0 Å². The number of carboxylic acids is 1. The minimum Gasteiger partial charge on any atom is -0.481 e. The summed E-state index contributed by atoms with van der Waals surface area (Å²) in [5.74, 6) is -1.57. The number of amides is 2. The molecule has 0 aromatic rings. The molecule has 2 aliphatic heterocycles. The van der Waals surface area contributed by atoms with Gasteiger partial charge in [0, 0.05) is 38.0 Å². The van der Waals surface area contributed by atoms with Crippen molar-refractivity contribution < 1.29 is 19.5 Å². The lowest BCUT2D eigenvalue weighted by Crippen LogP contribution is -2.49. The number of nitrogens with zero attached hydrogens (tertiary/aromatic N) is 2. The van der Waals surface area contributed by atoms with Gasteiger partial charge in [-0.2, -0.15) is 0 Å². The molecule has 6 nitrogen and oxygen atoms in total. The van der Waals surface area contributed by atoms with Gasteiger partial charge in [0.15, 0.2) is 0 Å². The summed E-state index contributed by atoms with van der Waals surface area (Å²) in [4.78, 5) is 40.7. The summed E-state index contributed by atoms with van der Waals surface area (Å²) in [5, 5.41) is 9.23. The molecule has 2 amide bonds. The summed E-state index contributed by atoms with van der Waals surface area (Å²) in [5.41, 5.74) is 0. The first-order chi connectivity index (χ1) is 11.6. The van der Waals surface area contributed by atoms with E-state index in [9.17, 15) is 19.5 Å². The van der Waals surface area contributed by atoms with E-state index < -0.39 is 11.9 Å². The fourth-order valence-corrected chi connectivity index (χ4v) is 4.51. The molecule has 1 aliphatic carbocycles. The third-order valence-corrected chi connectivity index (χ3v) is 5.90. The summed E-state index contributed by atoms with van der Waals surface area (Å²) >= 11 is 0. The highest BCUT2D eigenvalue weighted by atomic mass is 16.4. The first kappa shape index (κ1) is 17.2. The maximum Gasteiger partial charge on any atom is 0.308 e. The van der Waals surface area contributed by atoms with Crippen LogP contribution in [0.1, 0.15) is 51.4 Å². The molecule has 3 aliphatic rings. The zero-order valence-corrected chi connectivity index (χ0v) is 14.3. The summed E-state index contributed by atoms with van der Waals surface area (Å²) in [6.45, 7) is 2.57. The Morgan fingerprint density at radius 3 is 1.83 bits per heavy atom. The van der Waals surface area contributed by atoms with Crippen molar-refractivity contribution in [2.45, 2.75) is 51.4 Å². The molecule has 6 heteroatoms. The van der Waals surface area contributed by atoms with Gasteiger partial charge < -0.3 is 14.9 Å². The SMILES string of the molecule is O=C(O)[C@@H]1CCCN(C(=O)[C@@H]2CCCC[C@@H]2C(=O)N2CCCC2)C1. The van der Waals surface area contributed by atoms with Crippen molar-refractivity contribution in [1.29, 1.82) is 0 Å². The van der Waals surface area contributed by atoms with E-state index in [1.165, 1.54) is 0 Å². The zero-order valence-electron chi connectivity index (χ0n) is 14.3. The van der Waals surface area contributed by atoms with E-state index in [1.807, 2.05) is 4.90 Å². The number of aliphatic carboxylic acids is 1. The number of carboxylic acid groups (broad SMARTS) is 1. The average Bonchev–Trinajstić information content (AvgIpc) is 3.15. The first-order valence-corrected chi connectivity index (χ1v) is 9.38. The maximum atomic E-state index is 13.0. The fourth-order valence-electron chi connectivity index (χ4n) is 4.51. The van der Waals surface area contributed by atoms with Gasteiger partial charge in [-0.25, -0.2) is 0 Å². The predicted molar refractivity (Wildman–Crippen MR) is 88.2 cm³/mol. The number of piperidine rings is 1. The minimum atomic E-state index is -0.819. The van der Waals surface area contributed by atoms with Crippen molar-refractivity contribution >= 4 is 17.8 Å². The molecule has 134 valence electrons. The fraction of sp³-hybridized carbons (Fsp3) is 0.833. The summed E-state index contributed by atoms with van der Waals surface area (Å²) in [6, 6.07) is 0. The average molecular weight is 336 g/mol. The van der Waals surface area contributed by atoms with E-state index in [0.717, 1.165) is 58.0 Å². The van der Waals surface area contributed by atoms with E-state index in [-0.39, 0.29) is 23.7 Å². The molecule has 1 saturated carbocycles. The smallest absolute Gasteiger partial charge is 0.308 e. The van der Waals surface area contributed by atoms with Gasteiger partial charge in [-0.05, 0) is 38.5 Å². The Kier molecular flexibility index (Phi) is 5.41. The van der Waals surface area contributed by atoms with Gasteiger partial charge >= 0.3 is 5.97 Å². The van der Waals surface area contributed by atoms with Crippen molar-refractivity contribution in [2.24, 2.45) is 17.8 Å². The van der Waals surface area contributed by atoms with Crippen molar-refractivity contribution in [3.05, 3.63) is 0 Å². The monoisotopic (exact) mass is 336 g/mol. The van der Waals surface area contributed by atoms with Crippen LogP contribution in [0.4, 0.5) is 0 Å². The van der Waals surface area contributed by atoms with Crippen LogP contribution in [0, 0.1) is 17.8 Å². The molecular formula is C18H28N2O4. The van der Waals surface area contributed by atoms with Gasteiger partial charge in [0.2, 0.25) is 11.8 Å². The Morgan fingerprint density at radius 1 is 0.708 bits per heavy atom. The number of likely N-dealkylation sites (tertiary alicyclic amines) is 2. The Balaban J connectivity index is 1.68. The van der Waals surface area contributed by atoms with Crippen LogP contribution in [0.2, 0.25) is 0 Å². The molecule has 1 N–H and O–H groups in total. The Morgan fingerprint density at radius 2 is 1.25 bits per heavy atom. The molecule has 3 fully saturated rings. The van der Waals surface area contributed by atoms with E-state index >= 15 is 0 Å². The molecular weight excluding hydrogens is 308 g/mol. The zero-order chi connectivity index (χ0) is 17.1. The minimum absolute atomic E-state index is 0.0122. The van der Waals surface area contributed by atoms with Crippen LogP contribution in [-0.4, -0.2) is 58.9 Å². The number of carbonyl (C=O) groups excluding carboxylic acids is 2. The Labute approximate surface area is 143 Å². The van der Waals surface area contributed by atoms with Crippen LogP contribution in [0.15, 0.2) is 0 Å². The second-order valence-electron chi connectivity index (χ2n) is 7.49. The maximum absolute atomic E-state index is 13.0. The van der Waals surface area contributed by atoms with Crippen LogP contribution in [0.25, 0.3) is 0 Å². The number of rotatable bonds is 3. The van der Waals surface area contributed by atoms with Gasteiger partial charge in [-0.1, -0.05) is 12.8 Å². The van der Waals surface area contributed by atoms with E-state index in [2.05, 4.69) is 0 Å². The lowest BCUT2D eigenvalue weighted by Gasteiger charge is -2.38. The third kappa shape index (κ3) is 3.57. The van der Waals surface area contributed by atoms with Gasteiger partial charge in [0.25, 0.3) is 0 Å². The second-order valence-corrected chi connectivity index (χ2v) is 7.49. The lowest BCUT2D eigenvalue weighted by molar-refractivity contribution is -0.152. The standard InChI is InChI=1S/C18H28N2O4/c21-16(19-9-3-4-10-19)14-7-1-2-8-15(14)17(22)20-11-5-6-13(12-20)18(23)24/h13-15H,1-12H2,(H,23,24)/t13-,14+,15-/m1/s1. The summed E-state index contributed by atoms with van der Waals surface area (Å²) in [7, 11) is 0. The van der Waals surface area contributed by atoms with Crippen LogP contribution in [0.3, 0.4) is 0 Å². The summed E-state index contributed by atoms with van der Waals surface area (Å²) < 4.78 is 0. The highest BCUT2D eigenvalue weighted by Crippen LogP contribution is 2.34. The van der Waals surface area contributed by atoms with Gasteiger partial charge in [-0.3, -0.25) is 14.4 Å². The third-order valence-electron chi connectivity index (χ3n) is 5.90. The second kappa shape index (κ2) is 7.53. The molecule has 0 aromatic heterocycles. The first-order valence-electron chi connectivity index (χ1n) is 9.38. The van der Waals surface area contributed by atoms with Gasteiger partial charge in [0.05, 0.1) is 5.92 Å². The van der Waals surface area contributed by atoms with Crippen molar-refractivity contribution in [2.75, 3.05) is 26.2 Å². The molecule has 0 radical (unpaired) electrons. The van der Waals surface area contributed by atoms with Crippen LogP contribution >= 0.6 is 0 Å². The van der Waals surface area contributed by atoms with Crippen LogP contribution < -0.4 is 0 Å². The van der Waals surface area contributed by atoms with Gasteiger partial charge in [-0.15, -0.1) is 0 Å². The highest BCUT2D eigenvalue weighted by Gasteiger charge is 2.41. The molecule has 0 unspecified atom stereocenters. The quantitative estimate of drug-likeness (QED) is 0.851. The molecule has 3 atom stereocenters. The molecule has 0 spiro atoms. The lowest BCUT2D eigenvalue weighted by atomic mass is 9.77. The topological polar surface area (TPSA) is 77.9 Å². The van der Waals surface area contributed by atoms with E-state index in [1.54, 1.807) is 4.90 Å². The molecule has 2 heterocycles. The molecule has 0 bridgehead atoms. The highest BCUT2D eigenvalue weighted by molar-refractivity contribution is 5.88. The molecule has 0 aromatic carbocycles. The molecule has 3 rings (SSSR count). The largest absolute Gasteiger partial charge is 0.481 e. The van der Waals surface area contributed by atoms with Crippen molar-refractivity contribution in [1.82, 2.24) is 9.80 Å². The predicted octanol–water partition coefficient (Wildman–Crippen LogP) is 1.74. The number of hydrogen-bond donors (Lipinski definition) is 1. The molecule has 24 heavy (non-hydrogen) atoms. The number of carbonyl (C=O) groups is 3. The molecule has 2 saturated heterocycles. The van der Waals surface area contributed by atoms with Crippen LogP contribution in [-0.2, 0) is 14.4 Å². The Hall–Kier alpha value is -1.59. The Bertz CT molecular complexity index is 501. The van der Waals surface area contributed by atoms with Crippen molar-refractivity contribution in [3.63, 3.8) is 0 Å². The van der Waals surface area contributed by atoms with Gasteiger partial charge in [0.1, 0.15) is 0 Å². The van der Waals surface area contributed by atoms with Crippen LogP contribution in [0.5, 0.6) is 0 Å². The van der Waals surface area contributed by atoms with E-state index in [4.69, 9.17) is 0 Å². The number of hydrogen-bond acceptors (Lipinski definition) is 3. The van der Waals surface area contributed by atoms with E-state index in [0.29, 0.717) is 19.5 Å². The summed E-state index contributed by atoms with van der Waals surface area (Å²) in [6.07, 6.45) is 7.04.